The quantitative estimate of drug-likeness (QED) is 0.775. The first-order valence-electron chi connectivity index (χ1n) is 9.73. The Kier molecular flexibility index (Phi) is 6.32. The van der Waals surface area contributed by atoms with Gasteiger partial charge in [-0.3, -0.25) is 13.9 Å². The summed E-state index contributed by atoms with van der Waals surface area (Å²) < 4.78 is 2.69. The molecule has 2 heterocycles. The van der Waals surface area contributed by atoms with Gasteiger partial charge in [-0.05, 0) is 50.0 Å². The average Bonchev–Trinajstić information content (AvgIpc) is 2.95. The molecule has 1 aromatic carbocycles. The van der Waals surface area contributed by atoms with Crippen LogP contribution in [-0.2, 0) is 20.5 Å². The van der Waals surface area contributed by atoms with E-state index in [2.05, 4.69) is 15.9 Å². The summed E-state index contributed by atoms with van der Waals surface area (Å²) in [6, 6.07) is 11.5. The standard InChI is InChI=1S/C21H27N5O2/c1-23-19(15-20(27)24(2)21(23)28)26-12-4-11-25(13-14-26)10-3-5-17-6-8-18(16-22)9-7-17/h6-9,15H,3-5,10-14H2,1-2H3. The number of nitrogens with zero attached hydrogens (tertiary/aromatic N) is 5. The van der Waals surface area contributed by atoms with Gasteiger partial charge in [0.05, 0.1) is 11.6 Å². The fraction of sp³-hybridized carbons (Fsp3) is 0.476. The van der Waals surface area contributed by atoms with Crippen molar-refractivity contribution in [3.05, 3.63) is 62.3 Å². The highest BCUT2D eigenvalue weighted by Crippen LogP contribution is 2.13. The topological polar surface area (TPSA) is 74.3 Å². The summed E-state index contributed by atoms with van der Waals surface area (Å²) in [7, 11) is 3.23. The molecule has 0 spiro atoms. The van der Waals surface area contributed by atoms with Crippen LogP contribution in [0.3, 0.4) is 0 Å². The predicted molar refractivity (Wildman–Crippen MR) is 110 cm³/mol. The molecule has 0 unspecified atom stereocenters. The highest BCUT2D eigenvalue weighted by atomic mass is 16.2. The van der Waals surface area contributed by atoms with Gasteiger partial charge < -0.3 is 9.80 Å². The van der Waals surface area contributed by atoms with Crippen LogP contribution < -0.4 is 16.1 Å². The van der Waals surface area contributed by atoms with Crippen LogP contribution in [0.2, 0.25) is 0 Å². The molecular weight excluding hydrogens is 354 g/mol. The van der Waals surface area contributed by atoms with Gasteiger partial charge in [0.15, 0.2) is 0 Å². The third-order valence-electron chi connectivity index (χ3n) is 5.44. The van der Waals surface area contributed by atoms with E-state index in [1.54, 1.807) is 17.7 Å². The van der Waals surface area contributed by atoms with Gasteiger partial charge in [0.2, 0.25) is 0 Å². The first-order valence-corrected chi connectivity index (χ1v) is 9.73. The van der Waals surface area contributed by atoms with Gasteiger partial charge in [-0.25, -0.2) is 4.79 Å². The molecule has 7 nitrogen and oxygen atoms in total. The van der Waals surface area contributed by atoms with Crippen molar-refractivity contribution >= 4 is 5.82 Å². The molecule has 1 saturated heterocycles. The fourth-order valence-corrected chi connectivity index (χ4v) is 3.70. The van der Waals surface area contributed by atoms with Crippen molar-refractivity contribution in [2.45, 2.75) is 19.3 Å². The number of rotatable bonds is 5. The summed E-state index contributed by atoms with van der Waals surface area (Å²) in [5.41, 5.74) is 1.40. The Bertz CT molecular complexity index is 968. The lowest BCUT2D eigenvalue weighted by Crippen LogP contribution is -2.41. The molecule has 0 bridgehead atoms. The highest BCUT2D eigenvalue weighted by Gasteiger charge is 2.18. The molecule has 1 fully saturated rings. The zero-order valence-corrected chi connectivity index (χ0v) is 16.6. The van der Waals surface area contributed by atoms with Crippen LogP contribution in [0.1, 0.15) is 24.0 Å². The first kappa shape index (κ1) is 19.9. The third kappa shape index (κ3) is 4.52. The Balaban J connectivity index is 1.56. The third-order valence-corrected chi connectivity index (χ3v) is 5.44. The lowest BCUT2D eigenvalue weighted by molar-refractivity contribution is 0.290. The molecular formula is C21H27N5O2. The minimum atomic E-state index is -0.286. The van der Waals surface area contributed by atoms with Crippen molar-refractivity contribution in [3.63, 3.8) is 0 Å². The Hall–Kier alpha value is -2.85. The van der Waals surface area contributed by atoms with Crippen LogP contribution in [0.15, 0.2) is 39.9 Å². The zero-order valence-electron chi connectivity index (χ0n) is 16.6. The molecule has 3 rings (SSSR count). The van der Waals surface area contributed by atoms with E-state index in [0.717, 1.165) is 56.6 Å². The summed E-state index contributed by atoms with van der Waals surface area (Å²) in [6.07, 6.45) is 3.06. The molecule has 7 heteroatoms. The van der Waals surface area contributed by atoms with Gasteiger partial charge in [0.1, 0.15) is 5.82 Å². The van der Waals surface area contributed by atoms with Crippen LogP contribution >= 0.6 is 0 Å². The van der Waals surface area contributed by atoms with Crippen LogP contribution in [0, 0.1) is 11.3 Å². The Morgan fingerprint density at radius 1 is 1.00 bits per heavy atom. The van der Waals surface area contributed by atoms with E-state index in [1.165, 1.54) is 12.6 Å². The smallest absolute Gasteiger partial charge is 0.332 e. The molecule has 0 N–H and O–H groups in total. The molecule has 0 amide bonds. The number of aryl methyl sites for hydroxylation is 1. The molecule has 1 aromatic heterocycles. The number of aromatic nitrogens is 2. The van der Waals surface area contributed by atoms with Crippen molar-refractivity contribution in [2.24, 2.45) is 14.1 Å². The zero-order chi connectivity index (χ0) is 20.1. The van der Waals surface area contributed by atoms with E-state index in [-0.39, 0.29) is 11.2 Å². The number of benzene rings is 1. The van der Waals surface area contributed by atoms with E-state index in [0.29, 0.717) is 11.4 Å². The van der Waals surface area contributed by atoms with Gasteiger partial charge in [-0.1, -0.05) is 12.1 Å². The van der Waals surface area contributed by atoms with Crippen molar-refractivity contribution in [3.8, 4) is 6.07 Å². The summed E-state index contributed by atoms with van der Waals surface area (Å²) >= 11 is 0. The molecule has 148 valence electrons. The maximum atomic E-state index is 12.2. The van der Waals surface area contributed by atoms with E-state index in [1.807, 2.05) is 24.3 Å². The summed E-state index contributed by atoms with van der Waals surface area (Å²) in [4.78, 5) is 28.8. The maximum Gasteiger partial charge on any atom is 0.332 e. The van der Waals surface area contributed by atoms with Gasteiger partial charge in [-0.15, -0.1) is 0 Å². The Morgan fingerprint density at radius 3 is 2.46 bits per heavy atom. The van der Waals surface area contributed by atoms with E-state index < -0.39 is 0 Å². The Morgan fingerprint density at radius 2 is 1.75 bits per heavy atom. The Labute approximate surface area is 165 Å². The second kappa shape index (κ2) is 8.89. The number of anilines is 1. The SMILES string of the molecule is Cn1c(N2CCCN(CCCc3ccc(C#N)cc3)CC2)cc(=O)n(C)c1=O. The lowest BCUT2D eigenvalue weighted by Gasteiger charge is -2.25. The molecule has 0 saturated carbocycles. The molecule has 0 radical (unpaired) electrons. The van der Waals surface area contributed by atoms with Crippen LogP contribution in [0.4, 0.5) is 5.82 Å². The minimum Gasteiger partial charge on any atom is -0.356 e. The molecule has 0 aliphatic carbocycles. The van der Waals surface area contributed by atoms with Gasteiger partial charge in [-0.2, -0.15) is 5.26 Å². The van der Waals surface area contributed by atoms with E-state index in [4.69, 9.17) is 5.26 Å². The first-order chi connectivity index (χ1) is 13.5. The summed E-state index contributed by atoms with van der Waals surface area (Å²) in [5.74, 6) is 0.701. The van der Waals surface area contributed by atoms with Crippen molar-refractivity contribution < 1.29 is 0 Å². The number of nitriles is 1. The van der Waals surface area contributed by atoms with Gasteiger partial charge >= 0.3 is 5.69 Å². The molecule has 1 aliphatic heterocycles. The van der Waals surface area contributed by atoms with Crippen molar-refractivity contribution in [2.75, 3.05) is 37.6 Å². The van der Waals surface area contributed by atoms with E-state index >= 15 is 0 Å². The predicted octanol–water partition coefficient (Wildman–Crippen LogP) is 1.10. The summed E-state index contributed by atoms with van der Waals surface area (Å²) in [6.45, 7) is 4.59. The molecule has 1 aliphatic rings. The van der Waals surface area contributed by atoms with Gasteiger partial charge in [0.25, 0.3) is 5.56 Å². The maximum absolute atomic E-state index is 12.2. The molecule has 0 atom stereocenters. The van der Waals surface area contributed by atoms with Crippen molar-refractivity contribution in [1.82, 2.24) is 14.0 Å². The second-order valence-electron chi connectivity index (χ2n) is 7.34. The minimum absolute atomic E-state index is 0.262. The largest absolute Gasteiger partial charge is 0.356 e. The van der Waals surface area contributed by atoms with Crippen LogP contribution in [0.25, 0.3) is 0 Å². The van der Waals surface area contributed by atoms with Crippen LogP contribution in [-0.4, -0.2) is 46.8 Å². The fourth-order valence-electron chi connectivity index (χ4n) is 3.70. The normalized spacial score (nSPS) is 15.2. The molecule has 28 heavy (non-hydrogen) atoms. The lowest BCUT2D eigenvalue weighted by atomic mass is 10.1. The van der Waals surface area contributed by atoms with Crippen LogP contribution in [0.5, 0.6) is 0 Å². The second-order valence-corrected chi connectivity index (χ2v) is 7.34. The van der Waals surface area contributed by atoms with E-state index in [9.17, 15) is 9.59 Å². The highest BCUT2D eigenvalue weighted by molar-refractivity contribution is 5.38. The van der Waals surface area contributed by atoms with Crippen molar-refractivity contribution in [1.29, 1.82) is 5.26 Å². The van der Waals surface area contributed by atoms with Gasteiger partial charge in [0, 0.05) is 39.8 Å². The number of hydrogen-bond donors (Lipinski definition) is 0. The number of hydrogen-bond acceptors (Lipinski definition) is 5. The summed E-state index contributed by atoms with van der Waals surface area (Å²) in [5, 5.41) is 8.87. The molecule has 2 aromatic rings. The average molecular weight is 381 g/mol. The monoisotopic (exact) mass is 381 g/mol.